The van der Waals surface area contributed by atoms with Crippen molar-refractivity contribution < 1.29 is 32.2 Å². The van der Waals surface area contributed by atoms with Gasteiger partial charge >= 0.3 is 12.1 Å². The molecular formula is C21H20F3NO4. The number of ether oxygens (including phenoxy) is 2. The molecule has 0 spiro atoms. The maximum atomic E-state index is 12.2. The number of alkyl halides is 3. The second-order valence-corrected chi connectivity index (χ2v) is 6.80. The number of carbonyl (C=O) groups excluding carboxylic acids is 2. The smallest absolute Gasteiger partial charge is 0.399 e. The summed E-state index contributed by atoms with van der Waals surface area (Å²) >= 11 is 0. The molecule has 0 aromatic heterocycles. The van der Waals surface area contributed by atoms with Crippen molar-refractivity contribution in [2.75, 3.05) is 13.2 Å². The molecule has 0 aliphatic carbocycles. The first-order chi connectivity index (χ1) is 13.7. The number of fused-ring (bicyclic) bond motifs is 1. The van der Waals surface area contributed by atoms with Crippen molar-refractivity contribution in [3.63, 3.8) is 0 Å². The van der Waals surface area contributed by atoms with E-state index in [9.17, 15) is 22.8 Å². The highest BCUT2D eigenvalue weighted by Crippen LogP contribution is 2.36. The average molecular weight is 407 g/mol. The van der Waals surface area contributed by atoms with Gasteiger partial charge in [0, 0.05) is 17.7 Å². The van der Waals surface area contributed by atoms with Crippen LogP contribution in [0.2, 0.25) is 0 Å². The molecule has 0 saturated carbocycles. The zero-order chi connectivity index (χ0) is 21.2. The van der Waals surface area contributed by atoms with Gasteiger partial charge in [0.05, 0.1) is 0 Å². The van der Waals surface area contributed by atoms with Crippen molar-refractivity contribution in [3.8, 4) is 16.9 Å². The fourth-order valence-electron chi connectivity index (χ4n) is 3.12. The van der Waals surface area contributed by atoms with E-state index in [0.717, 1.165) is 27.8 Å². The molecule has 5 nitrogen and oxygen atoms in total. The summed E-state index contributed by atoms with van der Waals surface area (Å²) in [4.78, 5) is 22.9. The molecule has 1 aliphatic heterocycles. The maximum Gasteiger partial charge on any atom is 0.399 e. The highest BCUT2D eigenvalue weighted by atomic mass is 19.4. The van der Waals surface area contributed by atoms with Crippen LogP contribution in [-0.2, 0) is 16.1 Å². The SMILES string of the molecule is Cc1ccc(-c2ccc3c(c2)CNC3=O)c(OCCOC(=O)CC(F)(F)F)c1C. The van der Waals surface area contributed by atoms with Crippen molar-refractivity contribution in [1.29, 1.82) is 0 Å². The Balaban J connectivity index is 1.75. The summed E-state index contributed by atoms with van der Waals surface area (Å²) in [5, 5.41) is 2.77. The minimum Gasteiger partial charge on any atom is -0.489 e. The van der Waals surface area contributed by atoms with E-state index in [1.807, 2.05) is 38.1 Å². The number of rotatable bonds is 6. The van der Waals surface area contributed by atoms with E-state index in [0.29, 0.717) is 17.9 Å². The monoisotopic (exact) mass is 407 g/mol. The number of halogens is 3. The molecule has 2 aromatic carbocycles. The lowest BCUT2D eigenvalue weighted by molar-refractivity contribution is -0.171. The summed E-state index contributed by atoms with van der Waals surface area (Å²) in [5.41, 5.74) is 5.02. The first-order valence-corrected chi connectivity index (χ1v) is 9.02. The van der Waals surface area contributed by atoms with Gasteiger partial charge in [-0.15, -0.1) is 0 Å². The van der Waals surface area contributed by atoms with Crippen LogP contribution in [-0.4, -0.2) is 31.3 Å². The van der Waals surface area contributed by atoms with Crippen LogP contribution in [0.5, 0.6) is 5.75 Å². The van der Waals surface area contributed by atoms with Gasteiger partial charge in [0.2, 0.25) is 0 Å². The number of hydrogen-bond acceptors (Lipinski definition) is 4. The molecule has 1 amide bonds. The van der Waals surface area contributed by atoms with E-state index in [2.05, 4.69) is 10.1 Å². The van der Waals surface area contributed by atoms with Gasteiger partial charge in [0.25, 0.3) is 5.91 Å². The largest absolute Gasteiger partial charge is 0.489 e. The van der Waals surface area contributed by atoms with Crippen LogP contribution >= 0.6 is 0 Å². The summed E-state index contributed by atoms with van der Waals surface area (Å²) in [6.07, 6.45) is -6.22. The van der Waals surface area contributed by atoms with Crippen LogP contribution in [0.4, 0.5) is 13.2 Å². The van der Waals surface area contributed by atoms with Gasteiger partial charge in [0.1, 0.15) is 25.4 Å². The average Bonchev–Trinajstić information content (AvgIpc) is 3.01. The van der Waals surface area contributed by atoms with Gasteiger partial charge in [-0.2, -0.15) is 13.2 Å². The fraction of sp³-hybridized carbons (Fsp3) is 0.333. The molecule has 1 heterocycles. The van der Waals surface area contributed by atoms with Crippen LogP contribution in [0.15, 0.2) is 30.3 Å². The van der Waals surface area contributed by atoms with Crippen molar-refractivity contribution in [2.45, 2.75) is 33.0 Å². The first-order valence-electron chi connectivity index (χ1n) is 9.02. The summed E-state index contributed by atoms with van der Waals surface area (Å²) in [6, 6.07) is 9.32. The number of aryl methyl sites for hydroxylation is 1. The summed E-state index contributed by atoms with van der Waals surface area (Å²) < 4.78 is 46.9. The Labute approximate surface area is 165 Å². The molecular weight excluding hydrogens is 387 g/mol. The molecule has 0 radical (unpaired) electrons. The molecule has 0 atom stereocenters. The lowest BCUT2D eigenvalue weighted by Crippen LogP contribution is -2.19. The van der Waals surface area contributed by atoms with E-state index < -0.39 is 18.6 Å². The molecule has 0 fully saturated rings. The van der Waals surface area contributed by atoms with Gasteiger partial charge < -0.3 is 14.8 Å². The third-order valence-corrected chi connectivity index (χ3v) is 4.71. The lowest BCUT2D eigenvalue weighted by atomic mass is 9.96. The van der Waals surface area contributed by atoms with Crippen LogP contribution in [0.3, 0.4) is 0 Å². The highest BCUT2D eigenvalue weighted by Gasteiger charge is 2.32. The summed E-state index contributed by atoms with van der Waals surface area (Å²) in [5.74, 6) is -0.879. The van der Waals surface area contributed by atoms with Crippen molar-refractivity contribution >= 4 is 11.9 Å². The second kappa shape index (κ2) is 8.14. The number of nitrogens with one attached hydrogen (secondary N) is 1. The third kappa shape index (κ3) is 4.88. The van der Waals surface area contributed by atoms with E-state index in [4.69, 9.17) is 4.74 Å². The van der Waals surface area contributed by atoms with Gasteiger partial charge in [-0.05, 0) is 48.2 Å². The van der Waals surface area contributed by atoms with E-state index in [1.54, 1.807) is 6.07 Å². The van der Waals surface area contributed by atoms with Gasteiger partial charge in [-0.25, -0.2) is 0 Å². The molecule has 2 aromatic rings. The Morgan fingerprint density at radius 3 is 2.55 bits per heavy atom. The zero-order valence-corrected chi connectivity index (χ0v) is 16.0. The fourth-order valence-corrected chi connectivity index (χ4v) is 3.12. The van der Waals surface area contributed by atoms with Crippen molar-refractivity contribution in [1.82, 2.24) is 5.32 Å². The third-order valence-electron chi connectivity index (χ3n) is 4.71. The van der Waals surface area contributed by atoms with Gasteiger partial charge in [0.15, 0.2) is 0 Å². The minimum absolute atomic E-state index is 0.0775. The van der Waals surface area contributed by atoms with Crippen LogP contribution in [0.25, 0.3) is 11.1 Å². The predicted molar refractivity (Wildman–Crippen MR) is 99.6 cm³/mol. The van der Waals surface area contributed by atoms with Crippen LogP contribution in [0.1, 0.15) is 33.5 Å². The standard InChI is InChI=1S/C21H20F3NO4/c1-12-3-5-16(14-4-6-17-15(9-14)11-25-20(17)27)19(13(12)2)29-8-7-28-18(26)10-21(22,23)24/h3-6,9H,7-8,10-11H2,1-2H3,(H,25,27). The van der Waals surface area contributed by atoms with E-state index in [-0.39, 0.29) is 19.1 Å². The zero-order valence-electron chi connectivity index (χ0n) is 16.0. The lowest BCUT2D eigenvalue weighted by Gasteiger charge is -2.17. The molecule has 1 N–H and O–H groups in total. The topological polar surface area (TPSA) is 64.6 Å². The Morgan fingerprint density at radius 1 is 1.10 bits per heavy atom. The normalized spacial score (nSPS) is 13.1. The molecule has 0 saturated heterocycles. The van der Waals surface area contributed by atoms with E-state index >= 15 is 0 Å². The number of carbonyl (C=O) groups is 2. The Kier molecular flexibility index (Phi) is 5.81. The minimum atomic E-state index is -4.60. The van der Waals surface area contributed by atoms with Crippen LogP contribution in [0, 0.1) is 13.8 Å². The Bertz CT molecular complexity index is 954. The highest BCUT2D eigenvalue weighted by molar-refractivity contribution is 5.99. The predicted octanol–water partition coefficient (Wildman–Crippen LogP) is 4.09. The van der Waals surface area contributed by atoms with Gasteiger partial charge in [-0.1, -0.05) is 18.2 Å². The Hall–Kier alpha value is -3.03. The van der Waals surface area contributed by atoms with Crippen LogP contribution < -0.4 is 10.1 Å². The van der Waals surface area contributed by atoms with Crippen molar-refractivity contribution in [2.24, 2.45) is 0 Å². The molecule has 8 heteroatoms. The second-order valence-electron chi connectivity index (χ2n) is 6.80. The quantitative estimate of drug-likeness (QED) is 0.579. The number of hydrogen-bond donors (Lipinski definition) is 1. The van der Waals surface area contributed by atoms with E-state index in [1.165, 1.54) is 0 Å². The molecule has 0 unspecified atom stereocenters. The Morgan fingerprint density at radius 2 is 1.83 bits per heavy atom. The summed E-state index contributed by atoms with van der Waals surface area (Å²) in [6.45, 7) is 3.89. The molecule has 29 heavy (non-hydrogen) atoms. The summed E-state index contributed by atoms with van der Waals surface area (Å²) in [7, 11) is 0. The van der Waals surface area contributed by atoms with Gasteiger partial charge in [-0.3, -0.25) is 9.59 Å². The molecule has 0 bridgehead atoms. The number of amides is 1. The first kappa shape index (κ1) is 20.7. The number of benzene rings is 2. The molecule has 3 rings (SSSR count). The van der Waals surface area contributed by atoms with Crippen molar-refractivity contribution in [3.05, 3.63) is 52.6 Å². The number of esters is 1. The molecule has 1 aliphatic rings. The molecule has 154 valence electrons. The maximum absolute atomic E-state index is 12.2.